The smallest absolute Gasteiger partial charge is 0.420 e. The number of aromatic nitrogens is 2. The molecule has 188 valence electrons. The maximum Gasteiger partial charge on any atom is 0.420 e. The van der Waals surface area contributed by atoms with Crippen LogP contribution in [0.5, 0.6) is 5.75 Å². The number of benzene rings is 1. The Hall–Kier alpha value is -2.75. The summed E-state index contributed by atoms with van der Waals surface area (Å²) < 4.78 is 49.4. The highest BCUT2D eigenvalue weighted by molar-refractivity contribution is 6.30. The lowest BCUT2D eigenvalue weighted by atomic mass is 9.48. The Kier molecular flexibility index (Phi) is 5.97. The van der Waals surface area contributed by atoms with Gasteiger partial charge in [0, 0.05) is 24.0 Å². The van der Waals surface area contributed by atoms with E-state index in [1.807, 2.05) is 12.1 Å². The van der Waals surface area contributed by atoms with Crippen molar-refractivity contribution in [2.75, 3.05) is 24.9 Å². The third-order valence-corrected chi connectivity index (χ3v) is 8.01. The van der Waals surface area contributed by atoms with Gasteiger partial charge in [0.05, 0.1) is 25.3 Å². The van der Waals surface area contributed by atoms with Crippen molar-refractivity contribution < 1.29 is 27.4 Å². The summed E-state index contributed by atoms with van der Waals surface area (Å²) in [7, 11) is 2.98. The molecular formula is C24H26ClF3N4O3. The summed E-state index contributed by atoms with van der Waals surface area (Å²) in [5, 5.41) is 5.85. The molecule has 4 saturated carbocycles. The van der Waals surface area contributed by atoms with Crippen molar-refractivity contribution in [3.8, 4) is 5.75 Å². The minimum Gasteiger partial charge on any atom is -0.494 e. The topological polar surface area (TPSA) is 85.4 Å². The molecule has 2 atom stereocenters. The Morgan fingerprint density at radius 2 is 1.89 bits per heavy atom. The maximum atomic E-state index is 12.9. The minimum atomic E-state index is -4.63. The molecule has 0 saturated heterocycles. The van der Waals surface area contributed by atoms with Gasteiger partial charge in [-0.2, -0.15) is 13.2 Å². The molecule has 7 nitrogen and oxygen atoms in total. The number of anilines is 3. The van der Waals surface area contributed by atoms with Crippen LogP contribution in [-0.4, -0.2) is 36.2 Å². The number of halogens is 4. The van der Waals surface area contributed by atoms with Crippen molar-refractivity contribution in [1.29, 1.82) is 0 Å². The second-order valence-electron chi connectivity index (χ2n) is 9.85. The predicted octanol–water partition coefficient (Wildman–Crippen LogP) is 5.68. The van der Waals surface area contributed by atoms with Crippen LogP contribution in [0.4, 0.5) is 30.5 Å². The zero-order chi connectivity index (χ0) is 25.0. The Morgan fingerprint density at radius 3 is 2.49 bits per heavy atom. The summed E-state index contributed by atoms with van der Waals surface area (Å²) in [6, 6.07) is 5.71. The van der Waals surface area contributed by atoms with E-state index in [9.17, 15) is 18.0 Å². The molecule has 0 spiro atoms. The number of alkyl halides is 3. The number of carbonyl (C=O) groups excluding carboxylic acids is 1. The van der Waals surface area contributed by atoms with E-state index in [2.05, 4.69) is 20.6 Å². The van der Waals surface area contributed by atoms with Crippen molar-refractivity contribution in [3.05, 3.63) is 35.1 Å². The summed E-state index contributed by atoms with van der Waals surface area (Å²) in [5.74, 6) is 1.69. The highest BCUT2D eigenvalue weighted by Gasteiger charge is 2.59. The van der Waals surface area contributed by atoms with Crippen LogP contribution in [-0.2, 0) is 15.7 Å². The molecule has 11 heteroatoms. The molecule has 2 unspecified atom stereocenters. The molecule has 2 aromatic rings. The second kappa shape index (κ2) is 8.72. The van der Waals surface area contributed by atoms with Gasteiger partial charge in [-0.15, -0.1) is 0 Å². The van der Waals surface area contributed by atoms with Crippen LogP contribution in [0.25, 0.3) is 0 Å². The van der Waals surface area contributed by atoms with Crippen molar-refractivity contribution in [2.45, 2.75) is 44.3 Å². The van der Waals surface area contributed by atoms with Crippen LogP contribution in [0.1, 0.15) is 37.7 Å². The zero-order valence-corrected chi connectivity index (χ0v) is 20.0. The molecule has 0 aliphatic heterocycles. The van der Waals surface area contributed by atoms with Gasteiger partial charge in [-0.25, -0.2) is 9.97 Å². The van der Waals surface area contributed by atoms with Crippen molar-refractivity contribution in [3.63, 3.8) is 0 Å². The van der Waals surface area contributed by atoms with Crippen LogP contribution >= 0.6 is 11.6 Å². The Labute approximate surface area is 205 Å². The number of nitrogens with one attached hydrogen (secondary N) is 2. The molecule has 0 radical (unpaired) electrons. The van der Waals surface area contributed by atoms with Gasteiger partial charge < -0.3 is 20.1 Å². The summed E-state index contributed by atoms with van der Waals surface area (Å²) >= 11 is 5.70. The van der Waals surface area contributed by atoms with Gasteiger partial charge in [0.1, 0.15) is 16.5 Å². The van der Waals surface area contributed by atoms with Gasteiger partial charge in [0.15, 0.2) is 0 Å². The molecule has 2 N–H and O–H groups in total. The lowest BCUT2D eigenvalue weighted by Gasteiger charge is -2.58. The number of esters is 1. The summed E-state index contributed by atoms with van der Waals surface area (Å²) in [6.07, 6.45) is 0.845. The zero-order valence-electron chi connectivity index (χ0n) is 19.3. The van der Waals surface area contributed by atoms with E-state index in [1.54, 1.807) is 6.07 Å². The predicted molar refractivity (Wildman–Crippen MR) is 124 cm³/mol. The molecule has 1 aromatic heterocycles. The number of hydrogen-bond acceptors (Lipinski definition) is 7. The third kappa shape index (κ3) is 4.37. The standard InChI is InChI=1S/C24H26ClF3N4O3/c1-34-18-7-15(3-4-17(18)31-22-29-11-16(20(25)32-22)24(26,27)28)30-19-13-5-12-6-14(19)10-23(8-12,9-13)21(33)35-2/h3-4,7,11-14,19,30H,5-6,8-10H2,1-2H3,(H,29,31,32). The number of ether oxygens (including phenoxy) is 2. The van der Waals surface area contributed by atoms with E-state index in [0.29, 0.717) is 35.4 Å². The van der Waals surface area contributed by atoms with Crippen LogP contribution < -0.4 is 15.4 Å². The van der Waals surface area contributed by atoms with Crippen LogP contribution in [0, 0.1) is 23.2 Å². The van der Waals surface area contributed by atoms with Gasteiger partial charge in [-0.05, 0) is 62.0 Å². The summed E-state index contributed by atoms with van der Waals surface area (Å²) in [5.41, 5.74) is -0.0782. The van der Waals surface area contributed by atoms with Crippen LogP contribution in [0.2, 0.25) is 5.15 Å². The molecular weight excluding hydrogens is 485 g/mol. The molecule has 1 heterocycles. The first-order valence-corrected chi connectivity index (χ1v) is 11.9. The quantitative estimate of drug-likeness (QED) is 0.382. The normalized spacial score (nSPS) is 29.1. The molecule has 6 rings (SSSR count). The largest absolute Gasteiger partial charge is 0.494 e. The molecule has 35 heavy (non-hydrogen) atoms. The van der Waals surface area contributed by atoms with E-state index < -0.39 is 16.9 Å². The van der Waals surface area contributed by atoms with Crippen molar-refractivity contribution >= 4 is 34.9 Å². The molecule has 1 aromatic carbocycles. The molecule has 4 bridgehead atoms. The first-order chi connectivity index (χ1) is 16.6. The average Bonchev–Trinajstić information content (AvgIpc) is 2.80. The molecule has 0 amide bonds. The van der Waals surface area contributed by atoms with Gasteiger partial charge in [-0.1, -0.05) is 11.6 Å². The number of hydrogen-bond donors (Lipinski definition) is 2. The fourth-order valence-corrected chi connectivity index (χ4v) is 6.77. The lowest BCUT2D eigenvalue weighted by Crippen LogP contribution is -2.58. The van der Waals surface area contributed by atoms with E-state index in [-0.39, 0.29) is 23.4 Å². The highest BCUT2D eigenvalue weighted by atomic mass is 35.5. The van der Waals surface area contributed by atoms with Crippen LogP contribution in [0.15, 0.2) is 24.4 Å². The first-order valence-electron chi connectivity index (χ1n) is 11.5. The van der Waals surface area contributed by atoms with Gasteiger partial charge >= 0.3 is 12.1 Å². The van der Waals surface area contributed by atoms with Gasteiger partial charge in [0.25, 0.3) is 0 Å². The third-order valence-electron chi connectivity index (χ3n) is 7.72. The van der Waals surface area contributed by atoms with E-state index in [1.165, 1.54) is 14.2 Å². The highest BCUT2D eigenvalue weighted by Crippen LogP contribution is 2.61. The van der Waals surface area contributed by atoms with Gasteiger partial charge in [0.2, 0.25) is 5.95 Å². The summed E-state index contributed by atoms with van der Waals surface area (Å²) in [6.45, 7) is 0. The maximum absolute atomic E-state index is 12.9. The van der Waals surface area contributed by atoms with Crippen molar-refractivity contribution in [1.82, 2.24) is 9.97 Å². The Balaban J connectivity index is 1.32. The van der Waals surface area contributed by atoms with Gasteiger partial charge in [-0.3, -0.25) is 4.79 Å². The minimum absolute atomic E-state index is 0.0713. The number of rotatable bonds is 6. The average molecular weight is 511 g/mol. The molecule has 4 fully saturated rings. The Bertz CT molecular complexity index is 1130. The molecule has 4 aliphatic rings. The lowest BCUT2D eigenvalue weighted by molar-refractivity contribution is -0.169. The first kappa shape index (κ1) is 24.0. The fraction of sp³-hybridized carbons (Fsp3) is 0.542. The number of carbonyl (C=O) groups is 1. The van der Waals surface area contributed by atoms with Crippen molar-refractivity contribution in [2.24, 2.45) is 23.2 Å². The number of nitrogens with zero attached hydrogens (tertiary/aromatic N) is 2. The number of methoxy groups -OCH3 is 2. The van der Waals surface area contributed by atoms with E-state index >= 15 is 0 Å². The monoisotopic (exact) mass is 510 g/mol. The van der Waals surface area contributed by atoms with E-state index in [0.717, 1.165) is 37.8 Å². The van der Waals surface area contributed by atoms with Crippen LogP contribution in [0.3, 0.4) is 0 Å². The van der Waals surface area contributed by atoms with E-state index in [4.69, 9.17) is 21.1 Å². The molecule has 4 aliphatic carbocycles. The second-order valence-corrected chi connectivity index (χ2v) is 10.2. The SMILES string of the molecule is COC(=O)C12CC3CC(C1)C(Nc1ccc(Nc4ncc(C(F)(F)F)c(Cl)n4)c(OC)c1)C(C3)C2. The summed E-state index contributed by atoms with van der Waals surface area (Å²) in [4.78, 5) is 20.0. The Morgan fingerprint density at radius 1 is 1.17 bits per heavy atom. The fourth-order valence-electron chi connectivity index (χ4n) is 6.54.